The molecule has 0 bridgehead atoms. The van der Waals surface area contributed by atoms with E-state index in [1.165, 1.54) is 0 Å². The van der Waals surface area contributed by atoms with Crippen LogP contribution in [0.4, 0.5) is 0 Å². The van der Waals surface area contributed by atoms with Crippen molar-refractivity contribution < 1.29 is 42.1 Å². The Balaban J connectivity index is 0.000000151. The van der Waals surface area contributed by atoms with Gasteiger partial charge in [0.05, 0.1) is 24.0 Å². The van der Waals surface area contributed by atoms with E-state index in [-0.39, 0.29) is 42.1 Å². The zero-order chi connectivity index (χ0) is 32.5. The van der Waals surface area contributed by atoms with Crippen LogP contribution in [0.5, 0.6) is 0 Å². The zero-order valence-corrected chi connectivity index (χ0v) is 31.8. The summed E-state index contributed by atoms with van der Waals surface area (Å²) in [7, 11) is 7.75. The van der Waals surface area contributed by atoms with Crippen LogP contribution < -0.4 is 9.97 Å². The molecule has 0 radical (unpaired) electrons. The van der Waals surface area contributed by atoms with Crippen LogP contribution in [0.1, 0.15) is 0 Å². The molecule has 8 aromatic heterocycles. The fourth-order valence-electron chi connectivity index (χ4n) is 6.31. The SMILES string of the molecule is Cn1[c-]nc(-n2ccc3c4cccc(-c5cn(C)cn5)c4[n-]c32)c1.Cn1[c-]nc(-n2ccc3c4cccc(-c5cn(C)cn5)c4[n-]c32)c1.[Pt+2].[Pt+2]. The predicted molar refractivity (Wildman–Crippen MR) is 184 cm³/mol. The van der Waals surface area contributed by atoms with E-state index in [0.717, 1.165) is 78.0 Å². The maximum Gasteiger partial charge on any atom is 2.00 e. The van der Waals surface area contributed by atoms with Gasteiger partial charge in [0.2, 0.25) is 0 Å². The molecule has 10 rings (SSSR count). The van der Waals surface area contributed by atoms with Crippen LogP contribution in [0.25, 0.3) is 78.0 Å². The van der Waals surface area contributed by atoms with E-state index in [1.807, 2.05) is 92.8 Å². The molecule has 0 aliphatic carbocycles. The molecule has 0 fully saturated rings. The van der Waals surface area contributed by atoms with Crippen molar-refractivity contribution in [1.29, 1.82) is 0 Å². The maximum absolute atomic E-state index is 4.90. The Kier molecular flexibility index (Phi) is 8.62. The number of aromatic nitrogens is 12. The first-order chi connectivity index (χ1) is 23.4. The van der Waals surface area contributed by atoms with Gasteiger partial charge in [-0.1, -0.05) is 83.9 Å². The van der Waals surface area contributed by atoms with Gasteiger partial charge in [-0.15, -0.1) is 12.4 Å². The van der Waals surface area contributed by atoms with Gasteiger partial charge in [-0.2, -0.15) is 0 Å². The van der Waals surface area contributed by atoms with Crippen LogP contribution in [0.2, 0.25) is 0 Å². The molecule has 0 amide bonds. The molecule has 0 saturated carbocycles. The van der Waals surface area contributed by atoms with E-state index in [0.29, 0.717) is 0 Å². The van der Waals surface area contributed by atoms with Crippen LogP contribution in [0.15, 0.2) is 98.4 Å². The molecule has 8 heterocycles. The van der Waals surface area contributed by atoms with Crippen LogP contribution in [-0.2, 0) is 70.3 Å². The van der Waals surface area contributed by atoms with Crippen LogP contribution in [0, 0.1) is 12.7 Å². The number of hydrogen-bond donors (Lipinski definition) is 0. The van der Waals surface area contributed by atoms with Crippen LogP contribution in [0.3, 0.4) is 0 Å². The van der Waals surface area contributed by atoms with Crippen molar-refractivity contribution in [2.45, 2.75) is 0 Å². The fraction of sp³-hybridized carbons (Fsp3) is 0.111. The Morgan fingerprint density at radius 2 is 0.980 bits per heavy atom. The van der Waals surface area contributed by atoms with Gasteiger partial charge in [0.25, 0.3) is 0 Å². The zero-order valence-electron chi connectivity index (χ0n) is 27.2. The monoisotopic (exact) mass is 1020 g/mol. The molecule has 10 aromatic rings. The molecule has 0 N–H and O–H groups in total. The van der Waals surface area contributed by atoms with Crippen molar-refractivity contribution in [3.05, 3.63) is 111 Å². The summed E-state index contributed by atoms with van der Waals surface area (Å²) in [5.74, 6) is 1.63. The molecule has 2 aromatic carbocycles. The molecule has 0 spiro atoms. The Morgan fingerprint density at radius 1 is 0.540 bits per heavy atom. The Bertz CT molecular complexity index is 2570. The first-order valence-electron chi connectivity index (χ1n) is 15.3. The quantitative estimate of drug-likeness (QED) is 0.221. The summed E-state index contributed by atoms with van der Waals surface area (Å²) in [5, 5.41) is 4.50. The number of rotatable bonds is 4. The minimum Gasteiger partial charge on any atom is -0.467 e. The van der Waals surface area contributed by atoms with E-state index in [9.17, 15) is 0 Å². The van der Waals surface area contributed by atoms with Gasteiger partial charge in [0.1, 0.15) is 0 Å². The second-order valence-corrected chi connectivity index (χ2v) is 11.9. The van der Waals surface area contributed by atoms with Crippen LogP contribution >= 0.6 is 0 Å². The Morgan fingerprint density at radius 3 is 1.34 bits per heavy atom. The second kappa shape index (κ2) is 12.9. The topological polar surface area (TPSA) is 109 Å². The van der Waals surface area contributed by atoms with Gasteiger partial charge in [-0.25, -0.2) is 9.97 Å². The van der Waals surface area contributed by atoms with Crippen molar-refractivity contribution in [3.8, 4) is 34.2 Å². The third-order valence-electron chi connectivity index (χ3n) is 8.52. The van der Waals surface area contributed by atoms with Crippen LogP contribution in [-0.4, -0.2) is 47.3 Å². The van der Waals surface area contributed by atoms with Gasteiger partial charge in [-0.05, 0) is 46.7 Å². The molecule has 0 aliphatic rings. The van der Waals surface area contributed by atoms with Crippen molar-refractivity contribution in [2.24, 2.45) is 28.2 Å². The minimum atomic E-state index is 0. The first-order valence-corrected chi connectivity index (χ1v) is 15.3. The summed E-state index contributed by atoms with van der Waals surface area (Å²) in [4.78, 5) is 27.3. The number of nitrogens with zero attached hydrogens (tertiary/aromatic N) is 12. The largest absolute Gasteiger partial charge is 2.00 e. The van der Waals surface area contributed by atoms with E-state index >= 15 is 0 Å². The van der Waals surface area contributed by atoms with Crippen molar-refractivity contribution in [3.63, 3.8) is 0 Å². The second-order valence-electron chi connectivity index (χ2n) is 11.9. The molecule has 14 heteroatoms. The fourth-order valence-corrected chi connectivity index (χ4v) is 6.31. The van der Waals surface area contributed by atoms with Gasteiger partial charge < -0.3 is 47.3 Å². The third kappa shape index (κ3) is 5.49. The molecular weight excluding hydrogens is 991 g/mol. The van der Waals surface area contributed by atoms with Gasteiger partial charge in [0.15, 0.2) is 0 Å². The Labute approximate surface area is 314 Å². The predicted octanol–water partition coefficient (Wildman–Crippen LogP) is 5.35. The van der Waals surface area contributed by atoms with E-state index in [2.05, 4.69) is 81.1 Å². The summed E-state index contributed by atoms with van der Waals surface area (Å²) in [6.45, 7) is 0. The van der Waals surface area contributed by atoms with E-state index < -0.39 is 0 Å². The number of hydrogen-bond acceptors (Lipinski definition) is 4. The molecule has 252 valence electrons. The number of fused-ring (bicyclic) bond motifs is 6. The Hall–Kier alpha value is -5.18. The smallest absolute Gasteiger partial charge is 0.467 e. The molecule has 0 atom stereocenters. The maximum atomic E-state index is 4.90. The number of para-hydroxylation sites is 2. The van der Waals surface area contributed by atoms with Gasteiger partial charge in [-0.3, -0.25) is 0 Å². The average molecular weight is 1020 g/mol. The molecule has 50 heavy (non-hydrogen) atoms. The van der Waals surface area contributed by atoms with Gasteiger partial charge in [0, 0.05) is 50.3 Å². The summed E-state index contributed by atoms with van der Waals surface area (Å²) in [6, 6.07) is 16.6. The molecule has 0 unspecified atom stereocenters. The third-order valence-corrected chi connectivity index (χ3v) is 8.52. The van der Waals surface area contributed by atoms with Crippen molar-refractivity contribution in [2.75, 3.05) is 0 Å². The average Bonchev–Trinajstić information content (AvgIpc) is 3.91. The number of aryl methyl sites for hydroxylation is 4. The molecular formula is C36H28N12Pt2. The summed E-state index contributed by atoms with van der Waals surface area (Å²) >= 11 is 0. The van der Waals surface area contributed by atoms with Crippen molar-refractivity contribution in [1.82, 2.24) is 57.3 Å². The summed E-state index contributed by atoms with van der Waals surface area (Å²) in [5.41, 5.74) is 7.70. The number of imidazole rings is 4. The first kappa shape index (κ1) is 33.3. The van der Waals surface area contributed by atoms with E-state index in [1.54, 1.807) is 12.7 Å². The summed E-state index contributed by atoms with van der Waals surface area (Å²) in [6.07, 6.45) is 21.3. The minimum absolute atomic E-state index is 0. The molecule has 0 aliphatic heterocycles. The normalized spacial score (nSPS) is 11.3. The van der Waals surface area contributed by atoms with Gasteiger partial charge >= 0.3 is 42.1 Å². The van der Waals surface area contributed by atoms with E-state index in [4.69, 9.17) is 9.97 Å². The van der Waals surface area contributed by atoms with Crippen molar-refractivity contribution >= 4 is 43.9 Å². The molecule has 12 nitrogen and oxygen atoms in total. The summed E-state index contributed by atoms with van der Waals surface area (Å²) < 4.78 is 11.5. The standard InChI is InChI=1S/2C18H14N6.2Pt/c2*1-22-8-15(19-10-22)14-5-3-4-12-13-6-7-24(18(13)21-17(12)14)16-9-23(2)11-20-16;;/h2*3-10H,1-2H3;;/q2*-2;2*+2. The molecule has 0 saturated heterocycles. The number of benzene rings is 2.